The lowest BCUT2D eigenvalue weighted by Crippen LogP contribution is -2.16. The number of carboxylic acids is 1. The standard InChI is InChI=1S/C16H15FO2/c1-11-6-2-3-7-12(11)10-14(16(18)19)13-8-4-5-9-15(13)17/h2-9,14H,10H2,1H3,(H,18,19). The van der Waals surface area contributed by atoms with E-state index in [2.05, 4.69) is 0 Å². The molecule has 0 aromatic heterocycles. The summed E-state index contributed by atoms with van der Waals surface area (Å²) in [7, 11) is 0. The van der Waals surface area contributed by atoms with Crippen LogP contribution in [0, 0.1) is 12.7 Å². The molecule has 1 atom stereocenters. The molecule has 2 rings (SSSR count). The molecular formula is C16H15FO2. The molecule has 2 aromatic rings. The Hall–Kier alpha value is -2.16. The molecule has 0 aliphatic rings. The van der Waals surface area contributed by atoms with Crippen LogP contribution in [0.3, 0.4) is 0 Å². The first-order chi connectivity index (χ1) is 9.09. The molecule has 1 unspecified atom stereocenters. The summed E-state index contributed by atoms with van der Waals surface area (Å²) < 4.78 is 13.7. The maximum Gasteiger partial charge on any atom is 0.311 e. The molecule has 98 valence electrons. The zero-order valence-electron chi connectivity index (χ0n) is 10.6. The van der Waals surface area contributed by atoms with E-state index in [4.69, 9.17) is 0 Å². The van der Waals surface area contributed by atoms with E-state index in [1.54, 1.807) is 12.1 Å². The minimum Gasteiger partial charge on any atom is -0.481 e. The molecule has 0 fully saturated rings. The second-order valence-corrected chi connectivity index (χ2v) is 4.54. The number of rotatable bonds is 4. The smallest absolute Gasteiger partial charge is 0.311 e. The number of benzene rings is 2. The maximum atomic E-state index is 13.7. The number of carbonyl (C=O) groups is 1. The van der Waals surface area contributed by atoms with Gasteiger partial charge in [-0.25, -0.2) is 4.39 Å². The molecule has 0 amide bonds. The highest BCUT2D eigenvalue weighted by Crippen LogP contribution is 2.25. The van der Waals surface area contributed by atoms with Gasteiger partial charge >= 0.3 is 5.97 Å². The molecule has 0 heterocycles. The monoisotopic (exact) mass is 258 g/mol. The van der Waals surface area contributed by atoms with Gasteiger partial charge in [0.2, 0.25) is 0 Å². The van der Waals surface area contributed by atoms with Gasteiger partial charge in [-0.3, -0.25) is 4.79 Å². The average molecular weight is 258 g/mol. The third-order valence-corrected chi connectivity index (χ3v) is 3.26. The fourth-order valence-corrected chi connectivity index (χ4v) is 2.15. The van der Waals surface area contributed by atoms with Crippen LogP contribution in [0.2, 0.25) is 0 Å². The molecule has 0 aliphatic heterocycles. The van der Waals surface area contributed by atoms with Crippen LogP contribution >= 0.6 is 0 Å². The van der Waals surface area contributed by atoms with Gasteiger partial charge in [0.1, 0.15) is 5.82 Å². The minimum absolute atomic E-state index is 0.234. The average Bonchev–Trinajstić information content (AvgIpc) is 2.38. The molecular weight excluding hydrogens is 243 g/mol. The number of hydrogen-bond donors (Lipinski definition) is 1. The van der Waals surface area contributed by atoms with Crippen LogP contribution in [0.15, 0.2) is 48.5 Å². The zero-order valence-corrected chi connectivity index (χ0v) is 10.6. The Morgan fingerprint density at radius 1 is 1.16 bits per heavy atom. The Bertz CT molecular complexity index is 593. The van der Waals surface area contributed by atoms with Gasteiger partial charge in [0, 0.05) is 5.56 Å². The lowest BCUT2D eigenvalue weighted by molar-refractivity contribution is -0.138. The van der Waals surface area contributed by atoms with Crippen LogP contribution in [0.25, 0.3) is 0 Å². The molecule has 0 aliphatic carbocycles. The Morgan fingerprint density at radius 2 is 1.79 bits per heavy atom. The Kier molecular flexibility index (Phi) is 3.95. The molecule has 0 saturated heterocycles. The second kappa shape index (κ2) is 5.65. The Labute approximate surface area is 111 Å². The van der Waals surface area contributed by atoms with Crippen molar-refractivity contribution in [3.8, 4) is 0 Å². The highest BCUT2D eigenvalue weighted by Gasteiger charge is 2.23. The van der Waals surface area contributed by atoms with Gasteiger partial charge in [-0.2, -0.15) is 0 Å². The minimum atomic E-state index is -1.01. The second-order valence-electron chi connectivity index (χ2n) is 4.54. The van der Waals surface area contributed by atoms with Crippen molar-refractivity contribution in [2.24, 2.45) is 0 Å². The van der Waals surface area contributed by atoms with Crippen molar-refractivity contribution in [2.75, 3.05) is 0 Å². The highest BCUT2D eigenvalue weighted by atomic mass is 19.1. The zero-order chi connectivity index (χ0) is 13.8. The van der Waals surface area contributed by atoms with Crippen LogP contribution < -0.4 is 0 Å². The number of carboxylic acid groups (broad SMARTS) is 1. The summed E-state index contributed by atoms with van der Waals surface area (Å²) in [5.74, 6) is -2.33. The largest absolute Gasteiger partial charge is 0.481 e. The first kappa shape index (κ1) is 13.3. The first-order valence-electron chi connectivity index (χ1n) is 6.11. The summed E-state index contributed by atoms with van der Waals surface area (Å²) >= 11 is 0. The summed E-state index contributed by atoms with van der Waals surface area (Å²) in [6.45, 7) is 1.93. The van der Waals surface area contributed by atoms with Gasteiger partial charge < -0.3 is 5.11 Å². The van der Waals surface area contributed by atoms with Gasteiger partial charge in [0.05, 0.1) is 5.92 Å². The lowest BCUT2D eigenvalue weighted by Gasteiger charge is -2.15. The fraction of sp³-hybridized carbons (Fsp3) is 0.188. The molecule has 2 nitrogen and oxygen atoms in total. The van der Waals surface area contributed by atoms with Crippen LogP contribution in [0.4, 0.5) is 4.39 Å². The van der Waals surface area contributed by atoms with E-state index in [-0.39, 0.29) is 5.56 Å². The van der Waals surface area contributed by atoms with Crippen molar-refractivity contribution in [1.29, 1.82) is 0 Å². The summed E-state index contributed by atoms with van der Waals surface area (Å²) in [6, 6.07) is 13.6. The topological polar surface area (TPSA) is 37.3 Å². The van der Waals surface area contributed by atoms with E-state index in [0.717, 1.165) is 11.1 Å². The van der Waals surface area contributed by atoms with Crippen molar-refractivity contribution >= 4 is 5.97 Å². The van der Waals surface area contributed by atoms with Crippen LogP contribution in [0.5, 0.6) is 0 Å². The lowest BCUT2D eigenvalue weighted by atomic mass is 9.90. The van der Waals surface area contributed by atoms with E-state index >= 15 is 0 Å². The third kappa shape index (κ3) is 2.99. The summed E-state index contributed by atoms with van der Waals surface area (Å²) in [5, 5.41) is 9.34. The Balaban J connectivity index is 2.35. The summed E-state index contributed by atoms with van der Waals surface area (Å²) in [6.07, 6.45) is 0.295. The van der Waals surface area contributed by atoms with Gasteiger partial charge in [-0.1, -0.05) is 42.5 Å². The summed E-state index contributed by atoms with van der Waals surface area (Å²) in [4.78, 5) is 11.4. The quantitative estimate of drug-likeness (QED) is 0.910. The molecule has 0 bridgehead atoms. The molecule has 2 aromatic carbocycles. The third-order valence-electron chi connectivity index (χ3n) is 3.26. The maximum absolute atomic E-state index is 13.7. The molecule has 1 N–H and O–H groups in total. The number of halogens is 1. The van der Waals surface area contributed by atoms with Crippen LogP contribution in [-0.2, 0) is 11.2 Å². The van der Waals surface area contributed by atoms with E-state index in [9.17, 15) is 14.3 Å². The SMILES string of the molecule is Cc1ccccc1CC(C(=O)O)c1ccccc1F. The number of aliphatic carboxylic acids is 1. The van der Waals surface area contributed by atoms with Gasteiger partial charge in [0.15, 0.2) is 0 Å². The fourth-order valence-electron chi connectivity index (χ4n) is 2.15. The van der Waals surface area contributed by atoms with E-state index in [1.165, 1.54) is 12.1 Å². The molecule has 19 heavy (non-hydrogen) atoms. The van der Waals surface area contributed by atoms with Gasteiger partial charge in [-0.15, -0.1) is 0 Å². The van der Waals surface area contributed by atoms with Crippen molar-refractivity contribution in [2.45, 2.75) is 19.3 Å². The van der Waals surface area contributed by atoms with Gasteiger partial charge in [-0.05, 0) is 30.5 Å². The Morgan fingerprint density at radius 3 is 2.42 bits per heavy atom. The molecule has 0 spiro atoms. The van der Waals surface area contributed by atoms with E-state index in [1.807, 2.05) is 31.2 Å². The van der Waals surface area contributed by atoms with E-state index < -0.39 is 17.7 Å². The van der Waals surface area contributed by atoms with Crippen molar-refractivity contribution in [3.63, 3.8) is 0 Å². The highest BCUT2D eigenvalue weighted by molar-refractivity contribution is 5.76. The first-order valence-corrected chi connectivity index (χ1v) is 6.11. The number of hydrogen-bond acceptors (Lipinski definition) is 1. The molecule has 0 radical (unpaired) electrons. The predicted molar refractivity (Wildman–Crippen MR) is 71.7 cm³/mol. The molecule has 3 heteroatoms. The normalized spacial score (nSPS) is 12.1. The van der Waals surface area contributed by atoms with Crippen LogP contribution in [0.1, 0.15) is 22.6 Å². The predicted octanol–water partition coefficient (Wildman–Crippen LogP) is 3.55. The molecule has 0 saturated carbocycles. The van der Waals surface area contributed by atoms with Crippen molar-refractivity contribution in [1.82, 2.24) is 0 Å². The van der Waals surface area contributed by atoms with Crippen molar-refractivity contribution < 1.29 is 14.3 Å². The van der Waals surface area contributed by atoms with Crippen LogP contribution in [-0.4, -0.2) is 11.1 Å². The van der Waals surface area contributed by atoms with Gasteiger partial charge in [0.25, 0.3) is 0 Å². The summed E-state index contributed by atoms with van der Waals surface area (Å²) in [5.41, 5.74) is 2.18. The number of aryl methyl sites for hydroxylation is 1. The van der Waals surface area contributed by atoms with Crippen molar-refractivity contribution in [3.05, 3.63) is 71.0 Å². The van der Waals surface area contributed by atoms with E-state index in [0.29, 0.717) is 6.42 Å².